The Labute approximate surface area is 92.1 Å². The number of halogens is 1. The smallest absolute Gasteiger partial charge is 0.189 e. The van der Waals surface area contributed by atoms with Crippen molar-refractivity contribution in [2.75, 3.05) is 0 Å². The van der Waals surface area contributed by atoms with E-state index in [1.54, 1.807) is 6.92 Å². The number of fused-ring (bicyclic) bond motifs is 1. The largest absolute Gasteiger partial charge is 0.504 e. The molecule has 0 aliphatic rings. The first-order valence-electron chi connectivity index (χ1n) is 4.57. The van der Waals surface area contributed by atoms with Gasteiger partial charge in [0.1, 0.15) is 5.02 Å². The first kappa shape index (κ1) is 11.7. The third-order valence-electron chi connectivity index (χ3n) is 1.84. The minimum absolute atomic E-state index is 0.0180. The minimum Gasteiger partial charge on any atom is -0.504 e. The second kappa shape index (κ2) is 4.40. The van der Waals surface area contributed by atoms with Gasteiger partial charge in [0.05, 0.1) is 11.1 Å². The van der Waals surface area contributed by atoms with E-state index in [1.807, 2.05) is 13.8 Å². The summed E-state index contributed by atoms with van der Waals surface area (Å²) in [6, 6.07) is 1.36. The Morgan fingerprint density at radius 1 is 1.33 bits per heavy atom. The Morgan fingerprint density at radius 3 is 2.53 bits per heavy atom. The Morgan fingerprint density at radius 2 is 1.93 bits per heavy atom. The predicted molar refractivity (Wildman–Crippen MR) is 58.4 cm³/mol. The maximum absolute atomic E-state index is 9.24. The summed E-state index contributed by atoms with van der Waals surface area (Å²) in [5.74, 6) is -0.658. The fourth-order valence-electron chi connectivity index (χ4n) is 1.13. The highest BCUT2D eigenvalue weighted by atomic mass is 35.5. The van der Waals surface area contributed by atoms with Crippen molar-refractivity contribution < 1.29 is 14.7 Å². The third-order valence-corrected chi connectivity index (χ3v) is 2.19. The van der Waals surface area contributed by atoms with E-state index in [0.29, 0.717) is 11.1 Å². The lowest BCUT2D eigenvalue weighted by atomic mass is 10.2. The van der Waals surface area contributed by atoms with Crippen LogP contribution in [0.4, 0.5) is 0 Å². The van der Waals surface area contributed by atoms with E-state index in [1.165, 1.54) is 6.07 Å². The van der Waals surface area contributed by atoms with Gasteiger partial charge in [0.15, 0.2) is 17.1 Å². The molecule has 0 aliphatic carbocycles. The molecule has 5 heteroatoms. The van der Waals surface area contributed by atoms with Crippen LogP contribution in [0.25, 0.3) is 11.0 Å². The lowest BCUT2D eigenvalue weighted by molar-refractivity contribution is 0.402. The molecule has 0 spiro atoms. The van der Waals surface area contributed by atoms with Crippen LogP contribution in [0.3, 0.4) is 0 Å². The van der Waals surface area contributed by atoms with Gasteiger partial charge in [-0.25, -0.2) is 0 Å². The Balaban J connectivity index is 0.000000531. The summed E-state index contributed by atoms with van der Waals surface area (Å²) in [7, 11) is 0. The summed E-state index contributed by atoms with van der Waals surface area (Å²) in [5.41, 5.74) is 0.904. The van der Waals surface area contributed by atoms with Crippen LogP contribution in [0.2, 0.25) is 5.02 Å². The van der Waals surface area contributed by atoms with E-state index in [0.717, 1.165) is 0 Å². The van der Waals surface area contributed by atoms with Crippen molar-refractivity contribution >= 4 is 22.6 Å². The number of benzene rings is 1. The molecule has 0 saturated heterocycles. The molecule has 1 heterocycles. The molecule has 1 aromatic heterocycles. The Hall–Kier alpha value is -1.42. The molecule has 0 radical (unpaired) electrons. The molecule has 1 aromatic carbocycles. The number of phenols is 2. The standard InChI is InChI=1S/C8H6ClNO3.C2H6/c1-3-4-2-5(11)7(12)6(9)8(4)13-10-3;1-2/h2,11-12H,1H3;1-2H3. The van der Waals surface area contributed by atoms with Crippen LogP contribution in [0.5, 0.6) is 11.5 Å². The van der Waals surface area contributed by atoms with Crippen LogP contribution in [-0.2, 0) is 0 Å². The highest BCUT2D eigenvalue weighted by Gasteiger charge is 2.15. The van der Waals surface area contributed by atoms with E-state index >= 15 is 0 Å². The maximum atomic E-state index is 9.24. The van der Waals surface area contributed by atoms with Crippen LogP contribution in [0.15, 0.2) is 10.6 Å². The van der Waals surface area contributed by atoms with E-state index in [4.69, 9.17) is 16.1 Å². The molecule has 2 rings (SSSR count). The lowest BCUT2D eigenvalue weighted by Crippen LogP contribution is -1.74. The van der Waals surface area contributed by atoms with E-state index in [2.05, 4.69) is 5.16 Å². The summed E-state index contributed by atoms with van der Waals surface area (Å²) in [6.07, 6.45) is 0. The van der Waals surface area contributed by atoms with Crippen molar-refractivity contribution in [3.8, 4) is 11.5 Å². The second-order valence-corrected chi connectivity index (χ2v) is 3.08. The molecule has 0 aliphatic heterocycles. The average Bonchev–Trinajstić information content (AvgIpc) is 2.61. The zero-order chi connectivity index (χ0) is 11.6. The number of aromatic nitrogens is 1. The van der Waals surface area contributed by atoms with Crippen LogP contribution in [0.1, 0.15) is 19.5 Å². The normalized spacial score (nSPS) is 9.87. The monoisotopic (exact) mass is 229 g/mol. The van der Waals surface area contributed by atoms with Gasteiger partial charge in [-0.15, -0.1) is 0 Å². The summed E-state index contributed by atoms with van der Waals surface area (Å²) in [5, 5.41) is 22.7. The van der Waals surface area contributed by atoms with Gasteiger partial charge in [0.25, 0.3) is 0 Å². The van der Waals surface area contributed by atoms with Crippen LogP contribution < -0.4 is 0 Å². The van der Waals surface area contributed by atoms with Gasteiger partial charge in [-0.05, 0) is 13.0 Å². The number of aryl methyl sites for hydroxylation is 1. The molecule has 82 valence electrons. The summed E-state index contributed by atoms with van der Waals surface area (Å²) in [4.78, 5) is 0. The molecule has 0 saturated carbocycles. The van der Waals surface area contributed by atoms with Gasteiger partial charge >= 0.3 is 0 Å². The lowest BCUT2D eigenvalue weighted by Gasteiger charge is -1.99. The summed E-state index contributed by atoms with van der Waals surface area (Å²) >= 11 is 5.70. The van der Waals surface area contributed by atoms with Crippen molar-refractivity contribution in [1.82, 2.24) is 5.16 Å². The Bertz CT molecular complexity index is 479. The minimum atomic E-state index is -0.384. The SMILES string of the molecule is CC.Cc1noc2c(Cl)c(O)c(O)cc12. The highest BCUT2D eigenvalue weighted by molar-refractivity contribution is 6.36. The number of rotatable bonds is 0. The van der Waals surface area contributed by atoms with Crippen molar-refractivity contribution in [1.29, 1.82) is 0 Å². The van der Waals surface area contributed by atoms with Crippen molar-refractivity contribution in [2.45, 2.75) is 20.8 Å². The van der Waals surface area contributed by atoms with Gasteiger partial charge in [0, 0.05) is 0 Å². The first-order valence-corrected chi connectivity index (χ1v) is 4.95. The van der Waals surface area contributed by atoms with Gasteiger partial charge in [-0.1, -0.05) is 30.6 Å². The van der Waals surface area contributed by atoms with Crippen LogP contribution >= 0.6 is 11.6 Å². The molecule has 0 atom stereocenters. The third kappa shape index (κ3) is 1.85. The Kier molecular flexibility index (Phi) is 3.42. The molecular weight excluding hydrogens is 218 g/mol. The summed E-state index contributed by atoms with van der Waals surface area (Å²) in [6.45, 7) is 5.72. The topological polar surface area (TPSA) is 66.5 Å². The molecule has 0 fully saturated rings. The molecule has 4 nitrogen and oxygen atoms in total. The second-order valence-electron chi connectivity index (χ2n) is 2.70. The fraction of sp³-hybridized carbons (Fsp3) is 0.300. The van der Waals surface area contributed by atoms with E-state index in [-0.39, 0.29) is 22.1 Å². The van der Waals surface area contributed by atoms with Crippen LogP contribution in [0, 0.1) is 6.92 Å². The molecule has 2 N–H and O–H groups in total. The van der Waals surface area contributed by atoms with Gasteiger partial charge in [0.2, 0.25) is 0 Å². The molecular formula is C10H12ClNO3. The molecule has 15 heavy (non-hydrogen) atoms. The van der Waals surface area contributed by atoms with E-state index < -0.39 is 0 Å². The van der Waals surface area contributed by atoms with Gasteiger partial charge < -0.3 is 14.7 Å². The van der Waals surface area contributed by atoms with Gasteiger partial charge in [-0.2, -0.15) is 0 Å². The quantitative estimate of drug-likeness (QED) is 0.681. The number of hydrogen-bond acceptors (Lipinski definition) is 4. The highest BCUT2D eigenvalue weighted by Crippen LogP contribution is 2.40. The van der Waals surface area contributed by atoms with E-state index in [9.17, 15) is 10.2 Å². The zero-order valence-electron chi connectivity index (χ0n) is 8.71. The molecule has 0 bridgehead atoms. The number of aromatic hydroxyl groups is 2. The molecule has 2 aromatic rings. The van der Waals surface area contributed by atoms with Crippen molar-refractivity contribution in [3.63, 3.8) is 0 Å². The zero-order valence-corrected chi connectivity index (χ0v) is 9.46. The fourth-order valence-corrected chi connectivity index (χ4v) is 1.36. The van der Waals surface area contributed by atoms with Crippen molar-refractivity contribution in [3.05, 3.63) is 16.8 Å². The first-order chi connectivity index (χ1) is 7.11. The average molecular weight is 230 g/mol. The molecule has 0 amide bonds. The summed E-state index contributed by atoms with van der Waals surface area (Å²) < 4.78 is 4.86. The molecule has 0 unspecified atom stereocenters. The van der Waals surface area contributed by atoms with Gasteiger partial charge in [-0.3, -0.25) is 0 Å². The van der Waals surface area contributed by atoms with Crippen LogP contribution in [-0.4, -0.2) is 15.4 Å². The maximum Gasteiger partial charge on any atom is 0.189 e. The number of hydrogen-bond donors (Lipinski definition) is 2. The predicted octanol–water partition coefficient (Wildman–Crippen LogP) is 3.23. The number of phenolic OH excluding ortho intramolecular Hbond substituents is 2. The van der Waals surface area contributed by atoms with Crippen molar-refractivity contribution in [2.24, 2.45) is 0 Å². The number of nitrogens with zero attached hydrogens (tertiary/aromatic N) is 1.